The van der Waals surface area contributed by atoms with Crippen LogP contribution in [0.3, 0.4) is 0 Å². The third kappa shape index (κ3) is 6.16. The number of piperidine rings is 1. The van der Waals surface area contributed by atoms with Crippen LogP contribution in [0.1, 0.15) is 68.5 Å². The standard InChI is InChI=1S/C30H39F3N6O4/c31-30(32,33)29(42-19-20-10-3-1-4-11-20)15-7-2-5-12-21-13-9-17-38(21)26-22(23-14-6-8-16-34-23)18-24(39(40)41)25(35-26)27-36-37-28(29)43-27/h1,3-4,6,8,10-11,14,16,21-22,24-28,35-37H,2,5,7,9,12-13,15,17-19H2/t21-,22?,24?,25?,26?,27?,28?,29?/m0/s1. The number of hydrogen-bond donors (Lipinski definition) is 3. The van der Waals surface area contributed by atoms with Gasteiger partial charge in [-0.05, 0) is 43.4 Å². The van der Waals surface area contributed by atoms with Gasteiger partial charge in [0.05, 0.1) is 12.8 Å². The summed E-state index contributed by atoms with van der Waals surface area (Å²) in [6, 6.07) is 12.5. The Labute approximate surface area is 248 Å². The second kappa shape index (κ2) is 12.7. The first-order chi connectivity index (χ1) is 20.8. The average molecular weight is 605 g/mol. The molecule has 0 radical (unpaired) electrons. The van der Waals surface area contributed by atoms with Crippen molar-refractivity contribution in [2.75, 3.05) is 6.54 Å². The van der Waals surface area contributed by atoms with E-state index in [-0.39, 0.29) is 42.5 Å². The minimum atomic E-state index is -4.77. The molecule has 4 aliphatic heterocycles. The Morgan fingerprint density at radius 1 is 1.07 bits per heavy atom. The number of pyridine rings is 1. The van der Waals surface area contributed by atoms with Crippen molar-refractivity contribution < 1.29 is 27.6 Å². The molecule has 3 N–H and O–H groups in total. The van der Waals surface area contributed by atoms with E-state index < -0.39 is 36.3 Å². The predicted octanol–water partition coefficient (Wildman–Crippen LogP) is 4.22. The second-order valence-electron chi connectivity index (χ2n) is 12.1. The van der Waals surface area contributed by atoms with Crippen LogP contribution in [0.5, 0.6) is 0 Å². The summed E-state index contributed by atoms with van der Waals surface area (Å²) in [6.45, 7) is 0.586. The van der Waals surface area contributed by atoms with Gasteiger partial charge in [-0.15, -0.1) is 0 Å². The normalized spacial score (nSPS) is 35.7. The van der Waals surface area contributed by atoms with Crippen molar-refractivity contribution in [1.82, 2.24) is 26.1 Å². The van der Waals surface area contributed by atoms with Crippen molar-refractivity contribution in [3.8, 4) is 0 Å². The van der Waals surface area contributed by atoms with Crippen LogP contribution in [0.15, 0.2) is 54.7 Å². The van der Waals surface area contributed by atoms with Crippen LogP contribution in [0.25, 0.3) is 0 Å². The molecule has 0 amide bonds. The van der Waals surface area contributed by atoms with Crippen LogP contribution in [0.4, 0.5) is 13.2 Å². The SMILES string of the molecule is O=[N+]([O-])C1CC(c2ccccn2)C2NC1C1NNC(O1)C(OCc1ccccc1)(C(F)(F)F)CCCCC[C@H]1CCCN21. The Bertz CT molecular complexity index is 1230. The maximum absolute atomic E-state index is 15.1. The highest BCUT2D eigenvalue weighted by Gasteiger charge is 2.64. The molecule has 7 unspecified atom stereocenters. The van der Waals surface area contributed by atoms with Crippen LogP contribution in [-0.2, 0) is 16.1 Å². The molecule has 4 aliphatic rings. The molecule has 2 aromatic rings. The number of alkyl halides is 3. The lowest BCUT2D eigenvalue weighted by molar-refractivity contribution is -0.534. The van der Waals surface area contributed by atoms with E-state index in [9.17, 15) is 10.1 Å². The van der Waals surface area contributed by atoms with Gasteiger partial charge in [0, 0.05) is 41.7 Å². The molecule has 4 fully saturated rings. The number of nitro groups is 1. The molecule has 4 bridgehead atoms. The molecule has 43 heavy (non-hydrogen) atoms. The van der Waals surface area contributed by atoms with Crippen molar-refractivity contribution in [2.45, 2.75) is 112 Å². The Morgan fingerprint density at radius 3 is 2.60 bits per heavy atom. The maximum atomic E-state index is 15.1. The topological polar surface area (TPSA) is 114 Å². The molecule has 5 heterocycles. The van der Waals surface area contributed by atoms with Gasteiger partial charge in [0.1, 0.15) is 12.3 Å². The fraction of sp³-hybridized carbons (Fsp3) is 0.633. The zero-order valence-corrected chi connectivity index (χ0v) is 23.9. The third-order valence-corrected chi connectivity index (χ3v) is 9.57. The fourth-order valence-electron chi connectivity index (χ4n) is 7.36. The summed E-state index contributed by atoms with van der Waals surface area (Å²) >= 11 is 0. The molecule has 10 nitrogen and oxygen atoms in total. The number of fused-ring (bicyclic) bond motifs is 7. The Hall–Kier alpha value is -2.68. The summed E-state index contributed by atoms with van der Waals surface area (Å²) in [5.74, 6) is -0.269. The highest BCUT2D eigenvalue weighted by atomic mass is 19.4. The molecule has 0 aliphatic carbocycles. The fourth-order valence-corrected chi connectivity index (χ4v) is 7.36. The zero-order valence-electron chi connectivity index (χ0n) is 23.9. The molecule has 234 valence electrons. The van der Waals surface area contributed by atoms with Gasteiger partial charge in [-0.3, -0.25) is 25.3 Å². The number of halogens is 3. The first-order valence-corrected chi connectivity index (χ1v) is 15.2. The first-order valence-electron chi connectivity index (χ1n) is 15.2. The lowest BCUT2D eigenvalue weighted by atomic mass is 9.83. The lowest BCUT2D eigenvalue weighted by Gasteiger charge is -2.46. The van der Waals surface area contributed by atoms with Gasteiger partial charge in [-0.25, -0.2) is 10.9 Å². The molecular formula is C30H39F3N6O4. The quantitative estimate of drug-likeness (QED) is 0.341. The number of ether oxygens (including phenoxy) is 2. The molecule has 6 rings (SSSR count). The van der Waals surface area contributed by atoms with E-state index in [1.165, 1.54) is 0 Å². The Morgan fingerprint density at radius 2 is 1.86 bits per heavy atom. The molecular weight excluding hydrogens is 565 g/mol. The number of rotatable bonds is 5. The van der Waals surface area contributed by atoms with Gasteiger partial charge >= 0.3 is 6.18 Å². The largest absolute Gasteiger partial charge is 0.421 e. The van der Waals surface area contributed by atoms with Crippen LogP contribution in [0.2, 0.25) is 0 Å². The highest BCUT2D eigenvalue weighted by molar-refractivity contribution is 5.17. The number of nitrogens with zero attached hydrogens (tertiary/aromatic N) is 3. The minimum Gasteiger partial charge on any atom is -0.357 e. The average Bonchev–Trinajstić information content (AvgIpc) is 3.68. The molecule has 1 aromatic carbocycles. The van der Waals surface area contributed by atoms with Gasteiger partial charge in [0.2, 0.25) is 11.6 Å². The molecule has 8 atom stereocenters. The van der Waals surface area contributed by atoms with Crippen molar-refractivity contribution in [1.29, 1.82) is 0 Å². The van der Waals surface area contributed by atoms with Crippen LogP contribution in [-0.4, -0.2) is 69.9 Å². The number of nitrogens with one attached hydrogen (secondary N) is 3. The van der Waals surface area contributed by atoms with Crippen molar-refractivity contribution in [2.24, 2.45) is 0 Å². The van der Waals surface area contributed by atoms with Crippen molar-refractivity contribution >= 4 is 0 Å². The Balaban J connectivity index is 1.34. The number of benzene rings is 1. The van der Waals surface area contributed by atoms with E-state index in [0.29, 0.717) is 18.4 Å². The lowest BCUT2D eigenvalue weighted by Crippen LogP contribution is -2.67. The number of hydrazine groups is 1. The number of aromatic nitrogens is 1. The minimum absolute atomic E-state index is 0.177. The summed E-state index contributed by atoms with van der Waals surface area (Å²) in [5.41, 5.74) is 4.27. The Kier molecular flexibility index (Phi) is 8.99. The van der Waals surface area contributed by atoms with Crippen molar-refractivity contribution in [3.05, 3.63) is 76.1 Å². The maximum Gasteiger partial charge on any atom is 0.421 e. The van der Waals surface area contributed by atoms with E-state index in [0.717, 1.165) is 37.9 Å². The first kappa shape index (κ1) is 30.4. The van der Waals surface area contributed by atoms with Crippen LogP contribution < -0.4 is 16.2 Å². The van der Waals surface area contributed by atoms with Crippen molar-refractivity contribution in [3.63, 3.8) is 0 Å². The summed E-state index contributed by atoms with van der Waals surface area (Å²) < 4.78 is 57.2. The monoisotopic (exact) mass is 604 g/mol. The van der Waals surface area contributed by atoms with Gasteiger partial charge in [-0.1, -0.05) is 55.7 Å². The van der Waals surface area contributed by atoms with Crippen LogP contribution in [0, 0.1) is 10.1 Å². The number of hydrogen-bond acceptors (Lipinski definition) is 9. The zero-order chi connectivity index (χ0) is 30.0. The van der Waals surface area contributed by atoms with E-state index in [4.69, 9.17) is 9.47 Å². The van der Waals surface area contributed by atoms with E-state index in [1.54, 1.807) is 36.5 Å². The molecule has 0 saturated carbocycles. The second-order valence-corrected chi connectivity index (χ2v) is 12.1. The van der Waals surface area contributed by atoms with Gasteiger partial charge in [0.25, 0.3) is 0 Å². The molecule has 1 aromatic heterocycles. The summed E-state index contributed by atoms with van der Waals surface area (Å²) in [6.07, 6.45) is -1.68. The molecule has 4 saturated heterocycles. The van der Waals surface area contributed by atoms with Gasteiger partial charge in [0.15, 0.2) is 6.23 Å². The smallest absolute Gasteiger partial charge is 0.357 e. The molecule has 13 heteroatoms. The van der Waals surface area contributed by atoms with Gasteiger partial charge in [-0.2, -0.15) is 13.2 Å². The van der Waals surface area contributed by atoms with Gasteiger partial charge < -0.3 is 9.47 Å². The highest BCUT2D eigenvalue weighted by Crippen LogP contribution is 2.44. The predicted molar refractivity (Wildman–Crippen MR) is 151 cm³/mol. The van der Waals surface area contributed by atoms with E-state index >= 15 is 13.2 Å². The third-order valence-electron chi connectivity index (χ3n) is 9.57. The summed E-state index contributed by atoms with van der Waals surface area (Å²) in [7, 11) is 0. The van der Waals surface area contributed by atoms with E-state index in [1.807, 2.05) is 18.2 Å². The van der Waals surface area contributed by atoms with Crippen LogP contribution >= 0.6 is 0 Å². The summed E-state index contributed by atoms with van der Waals surface area (Å²) in [4.78, 5) is 19.1. The molecule has 0 spiro atoms. The summed E-state index contributed by atoms with van der Waals surface area (Å²) in [5, 5.41) is 16.0. The van der Waals surface area contributed by atoms with E-state index in [2.05, 4.69) is 26.1 Å².